The van der Waals surface area contributed by atoms with Crippen LogP contribution in [0.15, 0.2) is 0 Å². The van der Waals surface area contributed by atoms with Crippen LogP contribution in [0.2, 0.25) is 0 Å². The average molecular weight is 246 g/mol. The lowest BCUT2D eigenvalue weighted by Gasteiger charge is -2.42. The number of ether oxygens (including phenoxy) is 2. The summed E-state index contributed by atoms with van der Waals surface area (Å²) in [6, 6.07) is 0. The standard InChI is InChI=1S/C12H22O3S/c1-6-16-12-9(4)7(2)8(3)10(15-12)11(13)14-5/h7-10,12H,6H2,1-5H3/t7-,8+,9?,10?,12+/m0/s1. The Kier molecular flexibility index (Phi) is 5.12. The Morgan fingerprint density at radius 3 is 2.38 bits per heavy atom. The van der Waals surface area contributed by atoms with Crippen molar-refractivity contribution in [2.24, 2.45) is 17.8 Å². The van der Waals surface area contributed by atoms with E-state index in [9.17, 15) is 4.79 Å². The lowest BCUT2D eigenvalue weighted by atomic mass is 9.80. The minimum Gasteiger partial charge on any atom is -0.467 e. The molecule has 0 amide bonds. The van der Waals surface area contributed by atoms with Gasteiger partial charge in [0.15, 0.2) is 6.10 Å². The van der Waals surface area contributed by atoms with Crippen LogP contribution in [-0.2, 0) is 14.3 Å². The predicted molar refractivity (Wildman–Crippen MR) is 66.3 cm³/mol. The number of methoxy groups -OCH3 is 1. The summed E-state index contributed by atoms with van der Waals surface area (Å²) in [6.07, 6.45) is -0.403. The molecule has 1 rings (SSSR count). The SMILES string of the molecule is CCS[C@H]1OC(C(=O)OC)[C@H](C)[C@H](C)C1C. The molecule has 0 N–H and O–H groups in total. The zero-order valence-electron chi connectivity index (χ0n) is 10.7. The van der Waals surface area contributed by atoms with Crippen LogP contribution >= 0.6 is 11.8 Å². The number of thioether (sulfide) groups is 1. The number of rotatable bonds is 3. The van der Waals surface area contributed by atoms with E-state index >= 15 is 0 Å². The van der Waals surface area contributed by atoms with E-state index in [4.69, 9.17) is 9.47 Å². The Bertz CT molecular complexity index is 244. The van der Waals surface area contributed by atoms with Gasteiger partial charge in [0.1, 0.15) is 5.44 Å². The van der Waals surface area contributed by atoms with Crippen molar-refractivity contribution in [3.63, 3.8) is 0 Å². The molecule has 94 valence electrons. The Labute approximate surface area is 102 Å². The van der Waals surface area contributed by atoms with Gasteiger partial charge in [0.25, 0.3) is 0 Å². The second-order valence-corrected chi connectivity index (χ2v) is 5.86. The Morgan fingerprint density at radius 2 is 1.88 bits per heavy atom. The second kappa shape index (κ2) is 5.92. The highest BCUT2D eigenvalue weighted by molar-refractivity contribution is 7.99. The first-order valence-electron chi connectivity index (χ1n) is 5.87. The lowest BCUT2D eigenvalue weighted by molar-refractivity contribution is -0.171. The molecule has 1 aliphatic heterocycles. The number of carbonyl (C=O) groups is 1. The van der Waals surface area contributed by atoms with Crippen LogP contribution < -0.4 is 0 Å². The van der Waals surface area contributed by atoms with Gasteiger partial charge in [-0.3, -0.25) is 0 Å². The van der Waals surface area contributed by atoms with Gasteiger partial charge >= 0.3 is 5.97 Å². The number of carbonyl (C=O) groups excluding carboxylic acids is 1. The van der Waals surface area contributed by atoms with Gasteiger partial charge in [0.05, 0.1) is 7.11 Å². The van der Waals surface area contributed by atoms with Gasteiger partial charge < -0.3 is 9.47 Å². The summed E-state index contributed by atoms with van der Waals surface area (Å²) in [5.41, 5.74) is 0.111. The molecule has 0 aromatic heterocycles. The lowest BCUT2D eigenvalue weighted by Crippen LogP contribution is -2.47. The monoisotopic (exact) mass is 246 g/mol. The first-order chi connectivity index (χ1) is 7.52. The third-order valence-corrected chi connectivity index (χ3v) is 4.81. The molecule has 1 fully saturated rings. The van der Waals surface area contributed by atoms with Crippen molar-refractivity contribution in [1.82, 2.24) is 0 Å². The molecule has 1 aliphatic rings. The van der Waals surface area contributed by atoms with Gasteiger partial charge in [0.2, 0.25) is 0 Å². The van der Waals surface area contributed by atoms with Crippen molar-refractivity contribution < 1.29 is 14.3 Å². The highest BCUT2D eigenvalue weighted by Crippen LogP contribution is 2.39. The van der Waals surface area contributed by atoms with Crippen molar-refractivity contribution in [3.05, 3.63) is 0 Å². The Hall–Kier alpha value is -0.220. The van der Waals surface area contributed by atoms with E-state index in [2.05, 4.69) is 27.7 Å². The molecular weight excluding hydrogens is 224 g/mol. The van der Waals surface area contributed by atoms with Gasteiger partial charge in [-0.05, 0) is 23.5 Å². The van der Waals surface area contributed by atoms with E-state index < -0.39 is 6.10 Å². The molecule has 2 unspecified atom stereocenters. The van der Waals surface area contributed by atoms with Crippen molar-refractivity contribution in [2.45, 2.75) is 39.2 Å². The van der Waals surface area contributed by atoms with E-state index in [0.29, 0.717) is 11.8 Å². The van der Waals surface area contributed by atoms with Crippen molar-refractivity contribution in [1.29, 1.82) is 0 Å². The average Bonchev–Trinajstić information content (AvgIpc) is 2.29. The van der Waals surface area contributed by atoms with Crippen LogP contribution in [-0.4, -0.2) is 30.4 Å². The molecule has 0 bridgehead atoms. The third-order valence-electron chi connectivity index (χ3n) is 3.61. The van der Waals surface area contributed by atoms with Crippen LogP contribution in [0.4, 0.5) is 0 Å². The van der Waals surface area contributed by atoms with Crippen molar-refractivity contribution >= 4 is 17.7 Å². The quantitative estimate of drug-likeness (QED) is 0.717. The smallest absolute Gasteiger partial charge is 0.335 e. The fourth-order valence-electron chi connectivity index (χ4n) is 2.14. The molecular formula is C12H22O3S. The van der Waals surface area contributed by atoms with E-state index in [1.807, 2.05) is 0 Å². The summed E-state index contributed by atoms with van der Waals surface area (Å²) in [7, 11) is 1.42. The molecule has 1 saturated heterocycles. The Balaban J connectivity index is 2.76. The minimum absolute atomic E-state index is 0.111. The summed E-state index contributed by atoms with van der Waals surface area (Å²) in [5, 5.41) is 0. The van der Waals surface area contributed by atoms with Gasteiger partial charge in [-0.25, -0.2) is 4.79 Å². The second-order valence-electron chi connectivity index (χ2n) is 4.48. The van der Waals surface area contributed by atoms with Crippen LogP contribution in [0.3, 0.4) is 0 Å². The molecule has 5 atom stereocenters. The highest BCUT2D eigenvalue weighted by Gasteiger charge is 2.42. The van der Waals surface area contributed by atoms with Gasteiger partial charge in [-0.2, -0.15) is 0 Å². The number of hydrogen-bond donors (Lipinski definition) is 0. The van der Waals surface area contributed by atoms with E-state index in [-0.39, 0.29) is 17.3 Å². The first-order valence-corrected chi connectivity index (χ1v) is 6.92. The number of hydrogen-bond acceptors (Lipinski definition) is 4. The molecule has 0 aliphatic carbocycles. The highest BCUT2D eigenvalue weighted by atomic mass is 32.2. The third kappa shape index (κ3) is 2.72. The maximum absolute atomic E-state index is 11.6. The number of esters is 1. The van der Waals surface area contributed by atoms with Gasteiger partial charge in [-0.1, -0.05) is 27.7 Å². The fourth-order valence-corrected chi connectivity index (χ4v) is 3.21. The van der Waals surface area contributed by atoms with Crippen LogP contribution in [0, 0.1) is 17.8 Å². The van der Waals surface area contributed by atoms with Gasteiger partial charge in [-0.15, -0.1) is 11.8 Å². The predicted octanol–water partition coefficient (Wildman–Crippen LogP) is 2.55. The summed E-state index contributed by atoms with van der Waals surface area (Å²) in [4.78, 5) is 11.6. The first kappa shape index (κ1) is 13.8. The molecule has 3 nitrogen and oxygen atoms in total. The van der Waals surface area contributed by atoms with E-state index in [0.717, 1.165) is 5.75 Å². The van der Waals surface area contributed by atoms with E-state index in [1.54, 1.807) is 11.8 Å². The molecule has 0 spiro atoms. The largest absolute Gasteiger partial charge is 0.467 e. The fraction of sp³-hybridized carbons (Fsp3) is 0.917. The molecule has 16 heavy (non-hydrogen) atoms. The summed E-state index contributed by atoms with van der Waals surface area (Å²) in [6.45, 7) is 8.56. The molecule has 4 heteroatoms. The van der Waals surface area contributed by atoms with Crippen LogP contribution in [0.5, 0.6) is 0 Å². The maximum atomic E-state index is 11.6. The normalized spacial score (nSPS) is 39.4. The summed E-state index contributed by atoms with van der Waals surface area (Å²) in [5.74, 6) is 1.93. The molecule has 1 heterocycles. The van der Waals surface area contributed by atoms with Crippen LogP contribution in [0.1, 0.15) is 27.7 Å². The zero-order valence-corrected chi connectivity index (χ0v) is 11.5. The molecule has 0 aromatic carbocycles. The molecule has 0 saturated carbocycles. The summed E-state index contributed by atoms with van der Waals surface area (Å²) >= 11 is 1.77. The summed E-state index contributed by atoms with van der Waals surface area (Å²) < 4.78 is 10.7. The van der Waals surface area contributed by atoms with Crippen molar-refractivity contribution in [2.75, 3.05) is 12.9 Å². The molecule has 0 aromatic rings. The molecule has 0 radical (unpaired) electrons. The maximum Gasteiger partial charge on any atom is 0.335 e. The topological polar surface area (TPSA) is 35.5 Å². The van der Waals surface area contributed by atoms with Crippen molar-refractivity contribution in [3.8, 4) is 0 Å². The van der Waals surface area contributed by atoms with Gasteiger partial charge in [0, 0.05) is 0 Å². The van der Waals surface area contributed by atoms with Crippen LogP contribution in [0.25, 0.3) is 0 Å². The Morgan fingerprint density at radius 1 is 1.25 bits per heavy atom. The van der Waals surface area contributed by atoms with E-state index in [1.165, 1.54) is 7.11 Å². The minimum atomic E-state index is -0.403. The zero-order chi connectivity index (χ0) is 12.3.